The Bertz CT molecular complexity index is 1120. The summed E-state index contributed by atoms with van der Waals surface area (Å²) in [6.45, 7) is 9.73. The van der Waals surface area contributed by atoms with E-state index in [1.165, 1.54) is 0 Å². The van der Waals surface area contributed by atoms with Gasteiger partial charge in [-0.05, 0) is 80.0 Å². The molecule has 0 aliphatic heterocycles. The Morgan fingerprint density at radius 2 is 1.85 bits per heavy atom. The molecule has 2 aromatic carbocycles. The van der Waals surface area contributed by atoms with Crippen LogP contribution in [0.25, 0.3) is 10.2 Å². The van der Waals surface area contributed by atoms with Crippen molar-refractivity contribution in [2.24, 2.45) is 22.7 Å². The van der Waals surface area contributed by atoms with Gasteiger partial charge in [-0.3, -0.25) is 4.79 Å². The van der Waals surface area contributed by atoms with Gasteiger partial charge in [0.2, 0.25) is 0 Å². The molecule has 0 saturated heterocycles. The van der Waals surface area contributed by atoms with Gasteiger partial charge in [0, 0.05) is 18.3 Å². The number of carbonyl (C=O) groups is 1. The molecular formula is C25H33N4O3S+. The zero-order valence-electron chi connectivity index (χ0n) is 20.3. The molecule has 0 N–H and O–H groups in total. The third-order valence-corrected chi connectivity index (χ3v) is 6.98. The van der Waals surface area contributed by atoms with Crippen LogP contribution in [0.1, 0.15) is 34.1 Å². The maximum absolute atomic E-state index is 12.2. The molecule has 3 rings (SSSR count). The fourth-order valence-electron chi connectivity index (χ4n) is 3.23. The topological polar surface area (TPSA) is 67.4 Å². The van der Waals surface area contributed by atoms with Crippen molar-refractivity contribution >= 4 is 44.0 Å². The minimum Gasteiger partial charge on any atom is -0.497 e. The van der Waals surface area contributed by atoms with Crippen molar-refractivity contribution in [1.29, 1.82) is 0 Å². The van der Waals surface area contributed by atoms with Crippen molar-refractivity contribution < 1.29 is 18.8 Å². The first-order valence-electron chi connectivity index (χ1n) is 11.2. The number of nitrogens with zero attached hydrogens (tertiary/aromatic N) is 4. The molecule has 0 unspecified atom stereocenters. The highest BCUT2D eigenvalue weighted by Crippen LogP contribution is 2.30. The van der Waals surface area contributed by atoms with E-state index in [9.17, 15) is 4.79 Å². The second kappa shape index (κ2) is 10.7. The van der Waals surface area contributed by atoms with E-state index in [0.29, 0.717) is 13.2 Å². The van der Waals surface area contributed by atoms with Crippen LogP contribution in [0.3, 0.4) is 0 Å². The summed E-state index contributed by atoms with van der Waals surface area (Å²) in [6.07, 6.45) is 0.757. The first-order chi connectivity index (χ1) is 15.8. The fraction of sp³-hybridized carbons (Fsp3) is 0.440. The van der Waals surface area contributed by atoms with E-state index in [2.05, 4.69) is 22.1 Å². The number of likely N-dealkylation sites (N-methyl/N-ethyl adjacent to an activating group) is 1. The number of hydrogen-bond donors (Lipinski definition) is 0. The zero-order chi connectivity index (χ0) is 24.0. The van der Waals surface area contributed by atoms with Crippen LogP contribution in [0.5, 0.6) is 5.75 Å². The van der Waals surface area contributed by atoms with E-state index in [-0.39, 0.29) is 5.97 Å². The smallest absolute Gasteiger partial charge is 0.409 e. The van der Waals surface area contributed by atoms with Crippen LogP contribution in [-0.2, 0) is 16.6 Å². The number of rotatable bonds is 10. The predicted molar refractivity (Wildman–Crippen MR) is 133 cm³/mol. The summed E-state index contributed by atoms with van der Waals surface area (Å²) in [5.74, 6) is 0.678. The molecule has 0 bridgehead atoms. The van der Waals surface area contributed by atoms with E-state index in [4.69, 9.17) is 9.47 Å². The van der Waals surface area contributed by atoms with Crippen LogP contribution in [-0.4, -0.2) is 32.8 Å². The molecule has 33 heavy (non-hydrogen) atoms. The Morgan fingerprint density at radius 3 is 2.48 bits per heavy atom. The highest BCUT2D eigenvalue weighted by molar-refractivity contribution is 7.21. The lowest BCUT2D eigenvalue weighted by Crippen LogP contribution is -2.31. The van der Waals surface area contributed by atoms with E-state index in [1.54, 1.807) is 18.4 Å². The third-order valence-electron chi connectivity index (χ3n) is 5.89. The van der Waals surface area contributed by atoms with Gasteiger partial charge in [0.05, 0.1) is 35.9 Å². The average molecular weight is 470 g/mol. The lowest BCUT2D eigenvalue weighted by Gasteiger charge is -2.25. The van der Waals surface area contributed by atoms with Crippen LogP contribution in [0.15, 0.2) is 52.7 Å². The van der Waals surface area contributed by atoms with Gasteiger partial charge >= 0.3 is 11.1 Å². The monoisotopic (exact) mass is 469 g/mol. The van der Waals surface area contributed by atoms with E-state index < -0.39 is 5.41 Å². The van der Waals surface area contributed by atoms with Gasteiger partial charge in [-0.2, -0.15) is 0 Å². The Hall–Kier alpha value is -3.00. The summed E-state index contributed by atoms with van der Waals surface area (Å²) in [4.78, 5) is 14.4. The van der Waals surface area contributed by atoms with E-state index in [1.807, 2.05) is 74.9 Å². The first kappa shape index (κ1) is 24.6. The SMILES string of the molecule is CCN(CCOC(=O)C(C)(C)CC)c1ccc(N=Nc2sc3cc(OC)ccc3[n+]2C)cc1. The van der Waals surface area contributed by atoms with Crippen molar-refractivity contribution in [3.8, 4) is 5.75 Å². The standard InChI is InChI=1S/C25H33N4O3S/c1-7-25(3,4)23(30)32-16-15-29(8-2)19-11-9-18(10-12-19)26-27-24-28(5)21-14-13-20(31-6)17-22(21)33-24/h9-14,17H,7-8,15-16H2,1-6H3/q+1. The number of esters is 1. The number of methoxy groups -OCH3 is 1. The van der Waals surface area contributed by atoms with Crippen molar-refractivity contribution in [2.75, 3.05) is 31.7 Å². The molecule has 3 aromatic rings. The number of carbonyl (C=O) groups excluding carboxylic acids is 1. The summed E-state index contributed by atoms with van der Waals surface area (Å²) in [5, 5.41) is 9.69. The minimum absolute atomic E-state index is 0.148. The van der Waals surface area contributed by atoms with Crippen molar-refractivity contribution in [3.05, 3.63) is 42.5 Å². The summed E-state index contributed by atoms with van der Waals surface area (Å²) in [7, 11) is 3.65. The van der Waals surface area contributed by atoms with Gasteiger partial charge < -0.3 is 14.4 Å². The van der Waals surface area contributed by atoms with Crippen LogP contribution in [0, 0.1) is 5.41 Å². The summed E-state index contributed by atoms with van der Waals surface area (Å²) >= 11 is 1.57. The largest absolute Gasteiger partial charge is 0.497 e. The number of ether oxygens (including phenoxy) is 2. The van der Waals surface area contributed by atoms with Crippen LogP contribution >= 0.6 is 11.3 Å². The Morgan fingerprint density at radius 1 is 1.12 bits per heavy atom. The summed E-state index contributed by atoms with van der Waals surface area (Å²) < 4.78 is 13.9. The number of thiazole rings is 1. The molecule has 0 amide bonds. The summed E-state index contributed by atoms with van der Waals surface area (Å²) in [5.41, 5.74) is 2.48. The number of fused-ring (bicyclic) bond motifs is 1. The number of anilines is 1. The third kappa shape index (κ3) is 5.87. The quantitative estimate of drug-likeness (QED) is 0.209. The number of azo groups is 1. The van der Waals surface area contributed by atoms with Crippen molar-refractivity contribution in [3.63, 3.8) is 0 Å². The molecule has 0 saturated carbocycles. The van der Waals surface area contributed by atoms with E-state index >= 15 is 0 Å². The van der Waals surface area contributed by atoms with Gasteiger partial charge in [0.25, 0.3) is 0 Å². The first-order valence-corrected chi connectivity index (χ1v) is 12.0. The molecule has 1 heterocycles. The number of aromatic nitrogens is 1. The highest BCUT2D eigenvalue weighted by Gasteiger charge is 2.27. The normalized spacial score (nSPS) is 11.8. The number of benzene rings is 2. The van der Waals surface area contributed by atoms with Crippen LogP contribution in [0.2, 0.25) is 0 Å². The highest BCUT2D eigenvalue weighted by atomic mass is 32.1. The zero-order valence-corrected chi connectivity index (χ0v) is 21.1. The number of aryl methyl sites for hydroxylation is 1. The van der Waals surface area contributed by atoms with E-state index in [0.717, 1.165) is 45.4 Å². The molecule has 0 spiro atoms. The molecule has 0 aliphatic carbocycles. The molecule has 0 aliphatic rings. The molecule has 1 aromatic heterocycles. The van der Waals surface area contributed by atoms with Crippen molar-refractivity contribution in [2.45, 2.75) is 34.1 Å². The lowest BCUT2D eigenvalue weighted by atomic mass is 9.91. The van der Waals surface area contributed by atoms with Crippen LogP contribution < -0.4 is 14.2 Å². The second-order valence-electron chi connectivity index (χ2n) is 8.45. The molecule has 8 heteroatoms. The Balaban J connectivity index is 1.64. The van der Waals surface area contributed by atoms with Crippen LogP contribution in [0.4, 0.5) is 16.5 Å². The molecule has 176 valence electrons. The molecule has 0 atom stereocenters. The maximum Gasteiger partial charge on any atom is 0.409 e. The van der Waals surface area contributed by atoms with Gasteiger partial charge in [-0.25, -0.2) is 4.57 Å². The summed E-state index contributed by atoms with van der Waals surface area (Å²) in [6, 6.07) is 13.9. The van der Waals surface area contributed by atoms with Gasteiger partial charge in [-0.1, -0.05) is 6.92 Å². The predicted octanol–water partition coefficient (Wildman–Crippen LogP) is 5.96. The Kier molecular flexibility index (Phi) is 8.02. The molecule has 0 fully saturated rings. The fourth-order valence-corrected chi connectivity index (χ4v) is 4.22. The second-order valence-corrected chi connectivity index (χ2v) is 9.46. The maximum atomic E-state index is 12.2. The van der Waals surface area contributed by atoms with Gasteiger partial charge in [0.15, 0.2) is 0 Å². The number of hydrogen-bond acceptors (Lipinski definition) is 7. The van der Waals surface area contributed by atoms with Crippen molar-refractivity contribution in [1.82, 2.24) is 0 Å². The Labute approximate surface area is 199 Å². The van der Waals surface area contributed by atoms with Gasteiger partial charge in [0.1, 0.15) is 23.6 Å². The molecular weight excluding hydrogens is 436 g/mol. The minimum atomic E-state index is -0.444. The lowest BCUT2D eigenvalue weighted by molar-refractivity contribution is -0.627. The molecule has 7 nitrogen and oxygen atoms in total. The molecule has 0 radical (unpaired) electrons. The van der Waals surface area contributed by atoms with Gasteiger partial charge in [-0.15, -0.1) is 0 Å². The average Bonchev–Trinajstić information content (AvgIpc) is 3.15.